The zero-order valence-electron chi connectivity index (χ0n) is 14.1. The second kappa shape index (κ2) is 7.72. The third-order valence-corrected chi connectivity index (χ3v) is 4.05. The van der Waals surface area contributed by atoms with E-state index in [-0.39, 0.29) is 11.9 Å². The quantitative estimate of drug-likeness (QED) is 0.806. The van der Waals surface area contributed by atoms with Crippen molar-refractivity contribution in [3.05, 3.63) is 41.7 Å². The number of nitrogens with zero attached hydrogens (tertiary/aromatic N) is 4. The van der Waals surface area contributed by atoms with Crippen molar-refractivity contribution in [3.63, 3.8) is 0 Å². The van der Waals surface area contributed by atoms with Crippen LogP contribution < -0.4 is 4.74 Å². The predicted molar refractivity (Wildman–Crippen MR) is 87.6 cm³/mol. The molecule has 0 radical (unpaired) electrons. The maximum absolute atomic E-state index is 12.9. The van der Waals surface area contributed by atoms with Gasteiger partial charge in [0.15, 0.2) is 0 Å². The molecule has 0 bridgehead atoms. The molecule has 1 aliphatic heterocycles. The van der Waals surface area contributed by atoms with Crippen LogP contribution in [-0.2, 0) is 11.3 Å². The summed E-state index contributed by atoms with van der Waals surface area (Å²) in [6, 6.07) is 6.10. The van der Waals surface area contributed by atoms with E-state index in [1.54, 1.807) is 12.1 Å². The summed E-state index contributed by atoms with van der Waals surface area (Å²) in [4.78, 5) is 6.64. The van der Waals surface area contributed by atoms with E-state index in [0.29, 0.717) is 25.5 Å². The average molecular weight is 334 g/mol. The minimum absolute atomic E-state index is 0.101. The second-order valence-corrected chi connectivity index (χ2v) is 5.98. The summed E-state index contributed by atoms with van der Waals surface area (Å²) in [7, 11) is 0. The molecule has 1 fully saturated rings. The molecule has 1 aliphatic rings. The Morgan fingerprint density at radius 1 is 1.29 bits per heavy atom. The Morgan fingerprint density at radius 3 is 2.79 bits per heavy atom. The Kier molecular flexibility index (Phi) is 5.42. The lowest BCUT2D eigenvalue weighted by atomic mass is 10.2. The average Bonchev–Trinajstić information content (AvgIpc) is 2.87. The fraction of sp³-hybridized carbons (Fsp3) is 0.529. The Bertz CT molecular complexity index is 659. The van der Waals surface area contributed by atoms with Crippen molar-refractivity contribution in [2.24, 2.45) is 0 Å². The molecule has 130 valence electrons. The van der Waals surface area contributed by atoms with Gasteiger partial charge in [-0.05, 0) is 38.1 Å². The number of hydrogen-bond donors (Lipinski definition) is 0. The number of morpholine rings is 1. The number of halogens is 1. The van der Waals surface area contributed by atoms with Gasteiger partial charge in [0, 0.05) is 19.6 Å². The van der Waals surface area contributed by atoms with E-state index in [2.05, 4.69) is 15.0 Å². The highest BCUT2D eigenvalue weighted by Crippen LogP contribution is 2.12. The van der Waals surface area contributed by atoms with Crippen LogP contribution in [0.3, 0.4) is 0 Å². The zero-order valence-corrected chi connectivity index (χ0v) is 14.1. The molecular weight excluding hydrogens is 311 g/mol. The van der Waals surface area contributed by atoms with Crippen LogP contribution in [0.5, 0.6) is 5.75 Å². The monoisotopic (exact) mass is 334 g/mol. The normalized spacial score (nSPS) is 18.7. The van der Waals surface area contributed by atoms with E-state index in [4.69, 9.17) is 9.47 Å². The summed E-state index contributed by atoms with van der Waals surface area (Å²) in [5, 5.41) is 4.39. The van der Waals surface area contributed by atoms with Gasteiger partial charge in [0.2, 0.25) is 0 Å². The van der Waals surface area contributed by atoms with Gasteiger partial charge in [0.1, 0.15) is 29.8 Å². The smallest absolute Gasteiger partial charge is 0.147 e. The lowest BCUT2D eigenvalue weighted by Gasteiger charge is -2.32. The van der Waals surface area contributed by atoms with Gasteiger partial charge in [-0.3, -0.25) is 4.90 Å². The SMILES string of the molecule is Cc1nc(C)n(C[C@@H]2CN(CCOc3ccc(F)cc3)CCO2)n1. The van der Waals surface area contributed by atoms with Gasteiger partial charge in [-0.2, -0.15) is 5.10 Å². The third-order valence-electron chi connectivity index (χ3n) is 4.05. The summed E-state index contributed by atoms with van der Waals surface area (Å²) in [5.74, 6) is 2.13. The molecule has 1 atom stereocenters. The van der Waals surface area contributed by atoms with Crippen LogP contribution in [0, 0.1) is 19.7 Å². The second-order valence-electron chi connectivity index (χ2n) is 5.98. The molecule has 0 amide bonds. The van der Waals surface area contributed by atoms with Gasteiger partial charge >= 0.3 is 0 Å². The molecule has 24 heavy (non-hydrogen) atoms. The van der Waals surface area contributed by atoms with E-state index < -0.39 is 0 Å². The molecule has 0 aliphatic carbocycles. The molecule has 3 rings (SSSR count). The molecular formula is C17H23FN4O2. The first-order valence-electron chi connectivity index (χ1n) is 8.20. The molecule has 7 heteroatoms. The fourth-order valence-corrected chi connectivity index (χ4v) is 2.84. The summed E-state index contributed by atoms with van der Waals surface area (Å²) in [6.45, 7) is 8.37. The summed E-state index contributed by atoms with van der Waals surface area (Å²) in [5.41, 5.74) is 0. The number of aromatic nitrogens is 3. The van der Waals surface area contributed by atoms with E-state index in [9.17, 15) is 4.39 Å². The van der Waals surface area contributed by atoms with Gasteiger partial charge in [-0.1, -0.05) is 0 Å². The Labute approximate surface area is 141 Å². The largest absolute Gasteiger partial charge is 0.492 e. The van der Waals surface area contributed by atoms with Crippen LogP contribution >= 0.6 is 0 Å². The van der Waals surface area contributed by atoms with Crippen LogP contribution in [0.25, 0.3) is 0 Å². The first-order chi connectivity index (χ1) is 11.6. The molecule has 0 N–H and O–H groups in total. The Hall–Kier alpha value is -1.99. The van der Waals surface area contributed by atoms with Crippen molar-refractivity contribution in [3.8, 4) is 5.75 Å². The zero-order chi connectivity index (χ0) is 16.9. The molecule has 0 unspecified atom stereocenters. The van der Waals surface area contributed by atoms with Crippen LogP contribution in [0.15, 0.2) is 24.3 Å². The van der Waals surface area contributed by atoms with E-state index in [1.165, 1.54) is 12.1 Å². The van der Waals surface area contributed by atoms with E-state index >= 15 is 0 Å². The number of benzene rings is 1. The number of ether oxygens (including phenoxy) is 2. The number of hydrogen-bond acceptors (Lipinski definition) is 5. The lowest BCUT2D eigenvalue weighted by molar-refractivity contribution is -0.0404. The number of aryl methyl sites for hydroxylation is 2. The van der Waals surface area contributed by atoms with Gasteiger partial charge < -0.3 is 9.47 Å². The van der Waals surface area contributed by atoms with Crippen molar-refractivity contribution < 1.29 is 13.9 Å². The topological polar surface area (TPSA) is 52.4 Å². The van der Waals surface area contributed by atoms with Crippen LogP contribution in [-0.4, -0.2) is 58.6 Å². The maximum atomic E-state index is 12.9. The summed E-state index contributed by atoms with van der Waals surface area (Å²) < 4.78 is 26.3. The van der Waals surface area contributed by atoms with Gasteiger partial charge in [-0.25, -0.2) is 14.1 Å². The standard InChI is InChI=1S/C17H23FN4O2/c1-13-19-14(2)22(20-13)12-17-11-21(8-10-24-17)7-9-23-16-5-3-15(18)4-6-16/h3-6,17H,7-12H2,1-2H3/t17-/m0/s1. The molecule has 2 aromatic rings. The van der Waals surface area contributed by atoms with Crippen LogP contribution in [0.4, 0.5) is 4.39 Å². The number of rotatable bonds is 6. The predicted octanol–water partition coefficient (Wildman–Crippen LogP) is 1.81. The van der Waals surface area contributed by atoms with Gasteiger partial charge in [-0.15, -0.1) is 0 Å². The molecule has 0 spiro atoms. The van der Waals surface area contributed by atoms with Crippen LogP contribution in [0.2, 0.25) is 0 Å². The van der Waals surface area contributed by atoms with E-state index in [1.807, 2.05) is 18.5 Å². The van der Waals surface area contributed by atoms with Gasteiger partial charge in [0.25, 0.3) is 0 Å². The first kappa shape index (κ1) is 16.9. The maximum Gasteiger partial charge on any atom is 0.147 e. The Balaban J connectivity index is 1.45. The Morgan fingerprint density at radius 2 is 2.08 bits per heavy atom. The first-order valence-corrected chi connectivity index (χ1v) is 8.20. The molecule has 1 saturated heterocycles. The van der Waals surface area contributed by atoms with Crippen molar-refractivity contribution in [2.45, 2.75) is 26.5 Å². The van der Waals surface area contributed by atoms with Crippen LogP contribution in [0.1, 0.15) is 11.6 Å². The third kappa shape index (κ3) is 4.52. The van der Waals surface area contributed by atoms with Crippen molar-refractivity contribution in [2.75, 3.05) is 32.8 Å². The van der Waals surface area contributed by atoms with Crippen molar-refractivity contribution in [1.29, 1.82) is 0 Å². The summed E-state index contributed by atoms with van der Waals surface area (Å²) >= 11 is 0. The fourth-order valence-electron chi connectivity index (χ4n) is 2.84. The van der Waals surface area contributed by atoms with Crippen molar-refractivity contribution in [1.82, 2.24) is 19.7 Å². The minimum Gasteiger partial charge on any atom is -0.492 e. The highest BCUT2D eigenvalue weighted by molar-refractivity contribution is 5.21. The molecule has 0 saturated carbocycles. The van der Waals surface area contributed by atoms with Gasteiger partial charge in [0.05, 0.1) is 19.3 Å². The molecule has 1 aromatic heterocycles. The van der Waals surface area contributed by atoms with E-state index in [0.717, 1.165) is 31.3 Å². The van der Waals surface area contributed by atoms with Crippen molar-refractivity contribution >= 4 is 0 Å². The lowest BCUT2D eigenvalue weighted by Crippen LogP contribution is -2.45. The highest BCUT2D eigenvalue weighted by Gasteiger charge is 2.21. The molecule has 6 nitrogen and oxygen atoms in total. The molecule has 1 aromatic carbocycles. The molecule has 2 heterocycles. The summed E-state index contributed by atoms with van der Waals surface area (Å²) in [6.07, 6.45) is 0.101. The minimum atomic E-state index is -0.253. The highest BCUT2D eigenvalue weighted by atomic mass is 19.1.